The van der Waals surface area contributed by atoms with Gasteiger partial charge in [-0.25, -0.2) is 14.4 Å². The molecular formula is C23H23FN4O3S. The first-order valence-electron chi connectivity index (χ1n) is 9.85. The molecule has 1 aromatic heterocycles. The third-order valence-electron chi connectivity index (χ3n) is 4.95. The van der Waals surface area contributed by atoms with Gasteiger partial charge < -0.3 is 15.7 Å². The molecule has 0 aliphatic heterocycles. The fourth-order valence-electron chi connectivity index (χ4n) is 3.25. The van der Waals surface area contributed by atoms with E-state index in [1.165, 1.54) is 11.0 Å². The molecule has 1 heterocycles. The number of hydrogen-bond donors (Lipinski definition) is 2. The van der Waals surface area contributed by atoms with Crippen LogP contribution in [0.1, 0.15) is 35.1 Å². The Balaban J connectivity index is 1.93. The Morgan fingerprint density at radius 2 is 2.00 bits per heavy atom. The second-order valence-corrected chi connectivity index (χ2v) is 8.14. The van der Waals surface area contributed by atoms with Crippen molar-refractivity contribution in [2.24, 2.45) is 0 Å². The van der Waals surface area contributed by atoms with Crippen molar-refractivity contribution in [2.45, 2.75) is 26.8 Å². The summed E-state index contributed by atoms with van der Waals surface area (Å²) in [5.41, 5.74) is 7.20. The average molecular weight is 455 g/mol. The summed E-state index contributed by atoms with van der Waals surface area (Å²) in [4.78, 5) is 35.0. The van der Waals surface area contributed by atoms with Crippen LogP contribution in [-0.4, -0.2) is 38.1 Å². The van der Waals surface area contributed by atoms with E-state index in [4.69, 9.17) is 5.73 Å². The Bertz CT molecular complexity index is 1190. The Kier molecular flexibility index (Phi) is 7.55. The molecule has 0 spiro atoms. The Hall–Kier alpha value is -3.30. The number of aryl methyl sites for hydroxylation is 1. The number of aromatic nitrogens is 2. The summed E-state index contributed by atoms with van der Waals surface area (Å²) >= 11 is 0.866. The van der Waals surface area contributed by atoms with Gasteiger partial charge in [-0.15, -0.1) is 0 Å². The quantitative estimate of drug-likeness (QED) is 0.498. The van der Waals surface area contributed by atoms with Gasteiger partial charge in [0.05, 0.1) is 6.54 Å². The van der Waals surface area contributed by atoms with E-state index in [1.54, 1.807) is 50.4 Å². The first-order chi connectivity index (χ1) is 15.3. The summed E-state index contributed by atoms with van der Waals surface area (Å²) in [6, 6.07) is 9.62. The third-order valence-corrected chi connectivity index (χ3v) is 6.10. The van der Waals surface area contributed by atoms with Crippen molar-refractivity contribution in [2.75, 3.05) is 12.3 Å². The predicted octanol–water partition coefficient (Wildman–Crippen LogP) is 3.81. The number of thioether (sulfide) groups is 1. The molecule has 3 rings (SSSR count). The maximum Gasteiger partial charge on any atom is 0.224 e. The number of amides is 1. The van der Waals surface area contributed by atoms with Gasteiger partial charge in [0.15, 0.2) is 0 Å². The fraction of sp³-hybridized carbons (Fsp3) is 0.217. The molecule has 0 unspecified atom stereocenters. The summed E-state index contributed by atoms with van der Waals surface area (Å²) < 4.78 is 14.5. The van der Waals surface area contributed by atoms with Crippen LogP contribution in [0, 0.1) is 12.7 Å². The number of carbonyl (C=O) groups excluding carboxylic acids is 2. The SMILES string of the molecule is CC(=C(CCO)SC(=O)c1cccc2cccc(F)c12)N(C=O)Cc1cnc(C)nc1N. The van der Waals surface area contributed by atoms with Gasteiger partial charge in [-0.2, -0.15) is 0 Å². The molecule has 9 heteroatoms. The summed E-state index contributed by atoms with van der Waals surface area (Å²) in [5, 5.41) is 10.0. The molecule has 0 saturated carbocycles. The number of aliphatic hydroxyl groups excluding tert-OH is 1. The van der Waals surface area contributed by atoms with Crippen LogP contribution in [-0.2, 0) is 11.3 Å². The molecule has 7 nitrogen and oxygen atoms in total. The average Bonchev–Trinajstić information content (AvgIpc) is 2.77. The highest BCUT2D eigenvalue weighted by atomic mass is 32.2. The number of benzene rings is 2. The minimum atomic E-state index is -0.485. The topological polar surface area (TPSA) is 109 Å². The van der Waals surface area contributed by atoms with E-state index < -0.39 is 5.82 Å². The number of aliphatic hydroxyl groups is 1. The Labute approximate surface area is 189 Å². The minimum absolute atomic E-state index is 0.105. The summed E-state index contributed by atoms with van der Waals surface area (Å²) in [7, 11) is 0. The molecule has 0 aliphatic carbocycles. The molecule has 1 amide bonds. The second kappa shape index (κ2) is 10.3. The van der Waals surface area contributed by atoms with Gasteiger partial charge in [-0.3, -0.25) is 9.59 Å². The van der Waals surface area contributed by atoms with Gasteiger partial charge >= 0.3 is 0 Å². The van der Waals surface area contributed by atoms with E-state index in [0.29, 0.717) is 33.8 Å². The maximum absolute atomic E-state index is 14.5. The van der Waals surface area contributed by atoms with Crippen LogP contribution < -0.4 is 5.73 Å². The molecule has 2 aromatic carbocycles. The normalized spacial score (nSPS) is 11.9. The second-order valence-electron chi connectivity index (χ2n) is 7.08. The molecule has 0 aliphatic rings. The van der Waals surface area contributed by atoms with Crippen LogP contribution in [0.2, 0.25) is 0 Å². The van der Waals surface area contributed by atoms with Crippen molar-refractivity contribution in [1.29, 1.82) is 0 Å². The highest BCUT2D eigenvalue weighted by Crippen LogP contribution is 2.32. The van der Waals surface area contributed by atoms with Gasteiger partial charge in [0.2, 0.25) is 11.5 Å². The van der Waals surface area contributed by atoms with Crippen LogP contribution >= 0.6 is 11.8 Å². The van der Waals surface area contributed by atoms with Gasteiger partial charge in [0.1, 0.15) is 17.5 Å². The molecule has 0 bridgehead atoms. The summed E-state index contributed by atoms with van der Waals surface area (Å²) in [5.74, 6) is 0.289. The number of anilines is 1. The van der Waals surface area contributed by atoms with Crippen LogP contribution in [0.5, 0.6) is 0 Å². The van der Waals surface area contributed by atoms with E-state index in [-0.39, 0.29) is 41.5 Å². The van der Waals surface area contributed by atoms with Gasteiger partial charge in [-0.1, -0.05) is 24.3 Å². The number of nitrogens with two attached hydrogens (primary N) is 1. The maximum atomic E-state index is 14.5. The number of carbonyl (C=O) groups is 2. The number of nitrogens with zero attached hydrogens (tertiary/aromatic N) is 3. The van der Waals surface area contributed by atoms with Crippen LogP contribution in [0.4, 0.5) is 10.2 Å². The molecule has 3 N–H and O–H groups in total. The van der Waals surface area contributed by atoms with E-state index in [2.05, 4.69) is 9.97 Å². The van der Waals surface area contributed by atoms with Crippen molar-refractivity contribution in [3.8, 4) is 0 Å². The monoisotopic (exact) mass is 454 g/mol. The number of rotatable bonds is 8. The standard InChI is InChI=1S/C23H23FN4O3S/c1-14(28(13-30)12-17-11-26-15(2)27-22(17)25)20(9-10-29)32-23(31)18-7-3-5-16-6-4-8-19(24)21(16)18/h3-8,11,13,29H,9-10,12H2,1-2H3,(H2,25,26,27). The van der Waals surface area contributed by atoms with Crippen LogP contribution in [0.15, 0.2) is 53.2 Å². The first-order valence-corrected chi connectivity index (χ1v) is 10.7. The highest BCUT2D eigenvalue weighted by Gasteiger charge is 2.19. The number of nitrogen functional groups attached to an aromatic ring is 1. The molecular weight excluding hydrogens is 431 g/mol. The molecule has 0 saturated heterocycles. The van der Waals surface area contributed by atoms with Crippen molar-refractivity contribution < 1.29 is 19.1 Å². The largest absolute Gasteiger partial charge is 0.396 e. The molecule has 32 heavy (non-hydrogen) atoms. The zero-order valence-corrected chi connectivity index (χ0v) is 18.5. The van der Waals surface area contributed by atoms with Gasteiger partial charge in [0.25, 0.3) is 0 Å². The lowest BCUT2D eigenvalue weighted by molar-refractivity contribution is -0.116. The van der Waals surface area contributed by atoms with Crippen molar-refractivity contribution in [3.63, 3.8) is 0 Å². The van der Waals surface area contributed by atoms with Crippen molar-refractivity contribution in [1.82, 2.24) is 14.9 Å². The molecule has 0 fully saturated rings. The number of hydrogen-bond acceptors (Lipinski definition) is 7. The number of fused-ring (bicyclic) bond motifs is 1. The van der Waals surface area contributed by atoms with E-state index in [0.717, 1.165) is 11.8 Å². The lowest BCUT2D eigenvalue weighted by atomic mass is 10.1. The van der Waals surface area contributed by atoms with Gasteiger partial charge in [-0.05, 0) is 43.1 Å². The zero-order chi connectivity index (χ0) is 23.3. The first kappa shape index (κ1) is 23.4. The predicted molar refractivity (Wildman–Crippen MR) is 123 cm³/mol. The fourth-order valence-corrected chi connectivity index (χ4v) is 4.21. The Morgan fingerprint density at radius 1 is 1.28 bits per heavy atom. The van der Waals surface area contributed by atoms with E-state index in [1.807, 2.05) is 0 Å². The van der Waals surface area contributed by atoms with E-state index in [9.17, 15) is 19.1 Å². The van der Waals surface area contributed by atoms with Crippen LogP contribution in [0.25, 0.3) is 10.8 Å². The molecule has 0 atom stereocenters. The van der Waals surface area contributed by atoms with Gasteiger partial charge in [0, 0.05) is 46.3 Å². The number of halogens is 1. The third kappa shape index (κ3) is 5.12. The lowest BCUT2D eigenvalue weighted by Crippen LogP contribution is -2.22. The molecule has 3 aromatic rings. The number of allylic oxidation sites excluding steroid dienone is 1. The van der Waals surface area contributed by atoms with Crippen molar-refractivity contribution in [3.05, 3.63) is 76.0 Å². The summed E-state index contributed by atoms with van der Waals surface area (Å²) in [6.07, 6.45) is 2.32. The molecule has 166 valence electrons. The van der Waals surface area contributed by atoms with E-state index >= 15 is 0 Å². The lowest BCUT2D eigenvalue weighted by Gasteiger charge is -2.22. The minimum Gasteiger partial charge on any atom is -0.396 e. The highest BCUT2D eigenvalue weighted by molar-refractivity contribution is 8.17. The smallest absolute Gasteiger partial charge is 0.224 e. The summed E-state index contributed by atoms with van der Waals surface area (Å²) in [6.45, 7) is 3.27. The zero-order valence-electron chi connectivity index (χ0n) is 17.7. The van der Waals surface area contributed by atoms with Crippen LogP contribution in [0.3, 0.4) is 0 Å². The molecule has 0 radical (unpaired) electrons. The Morgan fingerprint density at radius 3 is 2.66 bits per heavy atom. The van der Waals surface area contributed by atoms with Crippen molar-refractivity contribution >= 4 is 39.9 Å².